The van der Waals surface area contributed by atoms with Crippen LogP contribution in [-0.4, -0.2) is 21.6 Å². The highest BCUT2D eigenvalue weighted by molar-refractivity contribution is 5.99. The molecule has 128 valence electrons. The highest BCUT2D eigenvalue weighted by Crippen LogP contribution is 2.37. The van der Waals surface area contributed by atoms with Crippen LogP contribution < -0.4 is 4.74 Å². The molecule has 6 nitrogen and oxygen atoms in total. The molecule has 2 aromatic carbocycles. The number of nitrogens with zero attached hydrogens (tertiary/aromatic N) is 3. The molecule has 2 heterocycles. The van der Waals surface area contributed by atoms with Gasteiger partial charge in [0.25, 0.3) is 5.69 Å². The van der Waals surface area contributed by atoms with Gasteiger partial charge in [0, 0.05) is 29.3 Å². The molecule has 0 aliphatic heterocycles. The summed E-state index contributed by atoms with van der Waals surface area (Å²) in [4.78, 5) is 15.6. The molecular weight excluding hydrogens is 330 g/mol. The second-order valence-corrected chi connectivity index (χ2v) is 5.74. The molecule has 0 bridgehead atoms. The van der Waals surface area contributed by atoms with E-state index in [2.05, 4.69) is 4.98 Å². The molecule has 0 saturated carbocycles. The van der Waals surface area contributed by atoms with E-state index in [9.17, 15) is 10.1 Å². The van der Waals surface area contributed by atoms with Crippen LogP contribution in [0.4, 0.5) is 5.69 Å². The van der Waals surface area contributed by atoms with Gasteiger partial charge in [0.2, 0.25) is 5.88 Å². The van der Waals surface area contributed by atoms with Gasteiger partial charge in [0.05, 0.1) is 23.1 Å². The van der Waals surface area contributed by atoms with E-state index in [0.29, 0.717) is 17.3 Å². The van der Waals surface area contributed by atoms with Crippen molar-refractivity contribution in [3.8, 4) is 22.8 Å². The normalized spacial score (nSPS) is 10.8. The number of nitro benzene ring substituents is 1. The van der Waals surface area contributed by atoms with Crippen LogP contribution in [0.1, 0.15) is 0 Å². The SMILES string of the molecule is COc1cccc(-n2cc(-c3ccccc3[N+](=O)[O-])c3ccccc32)n1. The van der Waals surface area contributed by atoms with Crippen molar-refractivity contribution in [2.45, 2.75) is 0 Å². The Kier molecular flexibility index (Phi) is 3.85. The van der Waals surface area contributed by atoms with Crippen LogP contribution in [0.5, 0.6) is 5.88 Å². The first-order chi connectivity index (χ1) is 12.7. The third kappa shape index (κ3) is 2.57. The molecule has 0 saturated heterocycles. The Morgan fingerprint density at radius 1 is 0.962 bits per heavy atom. The summed E-state index contributed by atoms with van der Waals surface area (Å²) in [6.07, 6.45) is 1.88. The quantitative estimate of drug-likeness (QED) is 0.400. The molecule has 2 aromatic heterocycles. The molecule has 0 atom stereocenters. The number of para-hydroxylation sites is 2. The topological polar surface area (TPSA) is 70.2 Å². The third-order valence-corrected chi connectivity index (χ3v) is 4.27. The Morgan fingerprint density at radius 2 is 1.73 bits per heavy atom. The van der Waals surface area contributed by atoms with Crippen LogP contribution >= 0.6 is 0 Å². The Bertz CT molecular complexity index is 1120. The van der Waals surface area contributed by atoms with Crippen LogP contribution in [0.2, 0.25) is 0 Å². The fourth-order valence-electron chi connectivity index (χ4n) is 3.10. The molecule has 0 aliphatic carbocycles. The maximum absolute atomic E-state index is 11.5. The van der Waals surface area contributed by atoms with Crippen molar-refractivity contribution in [2.24, 2.45) is 0 Å². The van der Waals surface area contributed by atoms with Crippen LogP contribution in [0.3, 0.4) is 0 Å². The van der Waals surface area contributed by atoms with E-state index in [0.717, 1.165) is 16.5 Å². The van der Waals surface area contributed by atoms with Gasteiger partial charge in [0.15, 0.2) is 0 Å². The average molecular weight is 345 g/mol. The first-order valence-corrected chi connectivity index (χ1v) is 8.04. The molecule has 0 radical (unpaired) electrons. The number of aromatic nitrogens is 2. The van der Waals surface area contributed by atoms with Crippen molar-refractivity contribution in [1.82, 2.24) is 9.55 Å². The van der Waals surface area contributed by atoms with E-state index in [4.69, 9.17) is 4.74 Å². The zero-order valence-corrected chi connectivity index (χ0v) is 14.0. The number of benzene rings is 2. The minimum atomic E-state index is -0.356. The van der Waals surface area contributed by atoms with E-state index in [1.165, 1.54) is 6.07 Å². The Hall–Kier alpha value is -3.67. The predicted octanol–water partition coefficient (Wildman–Crippen LogP) is 4.61. The van der Waals surface area contributed by atoms with E-state index in [1.54, 1.807) is 31.4 Å². The fourth-order valence-corrected chi connectivity index (χ4v) is 3.10. The summed E-state index contributed by atoms with van der Waals surface area (Å²) in [6, 6.07) is 20.0. The number of ether oxygens (including phenoxy) is 1. The number of hydrogen-bond acceptors (Lipinski definition) is 4. The molecule has 4 rings (SSSR count). The number of pyridine rings is 1. The monoisotopic (exact) mass is 345 g/mol. The lowest BCUT2D eigenvalue weighted by atomic mass is 10.0. The van der Waals surface area contributed by atoms with Gasteiger partial charge in [-0.2, -0.15) is 4.98 Å². The molecule has 0 fully saturated rings. The van der Waals surface area contributed by atoms with Crippen molar-refractivity contribution in [2.75, 3.05) is 7.11 Å². The van der Waals surface area contributed by atoms with Crippen molar-refractivity contribution < 1.29 is 9.66 Å². The highest BCUT2D eigenvalue weighted by Gasteiger charge is 2.19. The van der Waals surface area contributed by atoms with Gasteiger partial charge >= 0.3 is 0 Å². The Morgan fingerprint density at radius 3 is 2.54 bits per heavy atom. The summed E-state index contributed by atoms with van der Waals surface area (Å²) < 4.78 is 7.14. The first kappa shape index (κ1) is 15.8. The first-order valence-electron chi connectivity index (χ1n) is 8.04. The second-order valence-electron chi connectivity index (χ2n) is 5.74. The van der Waals surface area contributed by atoms with Gasteiger partial charge in [-0.3, -0.25) is 10.1 Å². The highest BCUT2D eigenvalue weighted by atomic mass is 16.6. The number of methoxy groups -OCH3 is 1. The van der Waals surface area contributed by atoms with E-state index >= 15 is 0 Å². The average Bonchev–Trinajstić information content (AvgIpc) is 3.07. The van der Waals surface area contributed by atoms with E-state index in [1.807, 2.05) is 47.2 Å². The minimum Gasteiger partial charge on any atom is -0.481 e. The number of fused-ring (bicyclic) bond motifs is 1. The standard InChI is InChI=1S/C20H15N3O3/c1-26-20-12-6-11-19(21-20)22-13-16(14-7-2-4-9-17(14)22)15-8-3-5-10-18(15)23(24)25/h2-13H,1H3. The maximum atomic E-state index is 11.5. The molecule has 4 aromatic rings. The molecule has 6 heteroatoms. The smallest absolute Gasteiger partial charge is 0.277 e. The van der Waals surface area contributed by atoms with E-state index < -0.39 is 0 Å². The van der Waals surface area contributed by atoms with Gasteiger partial charge in [-0.25, -0.2) is 0 Å². The van der Waals surface area contributed by atoms with Crippen molar-refractivity contribution >= 4 is 16.6 Å². The van der Waals surface area contributed by atoms with Crippen LogP contribution in [0, 0.1) is 10.1 Å². The summed E-state index contributed by atoms with van der Waals surface area (Å²) in [5, 5.41) is 12.4. The lowest BCUT2D eigenvalue weighted by Gasteiger charge is -2.06. The van der Waals surface area contributed by atoms with E-state index in [-0.39, 0.29) is 10.6 Å². The summed E-state index contributed by atoms with van der Waals surface area (Å²) in [5.74, 6) is 1.19. The van der Waals surface area contributed by atoms with Gasteiger partial charge in [-0.1, -0.05) is 36.4 Å². The zero-order valence-electron chi connectivity index (χ0n) is 14.0. The van der Waals surface area contributed by atoms with Gasteiger partial charge in [0.1, 0.15) is 5.82 Å². The van der Waals surface area contributed by atoms with Crippen LogP contribution in [0.15, 0.2) is 72.9 Å². The zero-order chi connectivity index (χ0) is 18.1. The minimum absolute atomic E-state index is 0.0778. The summed E-state index contributed by atoms with van der Waals surface area (Å²) in [5.41, 5.74) is 2.36. The number of rotatable bonds is 4. The molecule has 0 N–H and O–H groups in total. The molecule has 0 spiro atoms. The van der Waals surface area contributed by atoms with Crippen molar-refractivity contribution in [3.63, 3.8) is 0 Å². The molecule has 26 heavy (non-hydrogen) atoms. The maximum Gasteiger partial charge on any atom is 0.277 e. The molecule has 0 aliphatic rings. The molecule has 0 amide bonds. The molecule has 0 unspecified atom stereocenters. The lowest BCUT2D eigenvalue weighted by Crippen LogP contribution is -1.97. The van der Waals surface area contributed by atoms with Gasteiger partial charge in [-0.15, -0.1) is 0 Å². The predicted molar refractivity (Wildman–Crippen MR) is 99.7 cm³/mol. The summed E-state index contributed by atoms with van der Waals surface area (Å²) >= 11 is 0. The van der Waals surface area contributed by atoms with Gasteiger partial charge < -0.3 is 9.30 Å². The fraction of sp³-hybridized carbons (Fsp3) is 0.0500. The van der Waals surface area contributed by atoms with Crippen LogP contribution in [-0.2, 0) is 0 Å². The molecular formula is C20H15N3O3. The third-order valence-electron chi connectivity index (χ3n) is 4.27. The Labute approximate surface area is 149 Å². The number of hydrogen-bond donors (Lipinski definition) is 0. The largest absolute Gasteiger partial charge is 0.481 e. The van der Waals surface area contributed by atoms with Gasteiger partial charge in [-0.05, 0) is 18.2 Å². The van der Waals surface area contributed by atoms with Crippen molar-refractivity contribution in [3.05, 3.63) is 83.0 Å². The Balaban J connectivity index is 2.00. The van der Waals surface area contributed by atoms with Crippen LogP contribution in [0.25, 0.3) is 27.8 Å². The second kappa shape index (κ2) is 6.33. The summed E-state index contributed by atoms with van der Waals surface area (Å²) in [6.45, 7) is 0. The summed E-state index contributed by atoms with van der Waals surface area (Å²) in [7, 11) is 1.57. The lowest BCUT2D eigenvalue weighted by molar-refractivity contribution is -0.384. The number of nitro groups is 1. The van der Waals surface area contributed by atoms with Crippen molar-refractivity contribution in [1.29, 1.82) is 0 Å².